The standard InChI is InChI=1S/C31H28F4N2O6S/c32-24-12-10-21(11-13-24)16-36(17-22-20-43-28-9-2-1-8-27(28)30(22)39)29(38)19-37(18-25-6-4-14-42-25)44(40,41)26-7-3-5-23(15-26)31(33,34)35/h1-3,5,7-13,15,20,25H,4,6,14,16-19H2. The van der Waals surface area contributed by atoms with Crippen LogP contribution in [0.2, 0.25) is 0 Å². The summed E-state index contributed by atoms with van der Waals surface area (Å²) in [4.78, 5) is 27.7. The molecule has 0 aliphatic carbocycles. The molecule has 1 fully saturated rings. The summed E-state index contributed by atoms with van der Waals surface area (Å²) >= 11 is 0. The molecule has 5 rings (SSSR count). The number of carbonyl (C=O) groups is 1. The van der Waals surface area contributed by atoms with Crippen molar-refractivity contribution in [2.24, 2.45) is 0 Å². The third-order valence-electron chi connectivity index (χ3n) is 7.29. The van der Waals surface area contributed by atoms with Gasteiger partial charge < -0.3 is 14.1 Å². The predicted molar refractivity (Wildman–Crippen MR) is 152 cm³/mol. The fourth-order valence-corrected chi connectivity index (χ4v) is 6.44. The minimum Gasteiger partial charge on any atom is -0.464 e. The number of carbonyl (C=O) groups excluding carboxylic acids is 1. The second-order valence-electron chi connectivity index (χ2n) is 10.4. The Balaban J connectivity index is 1.49. The zero-order valence-electron chi connectivity index (χ0n) is 23.3. The van der Waals surface area contributed by atoms with E-state index >= 15 is 0 Å². The van der Waals surface area contributed by atoms with Gasteiger partial charge in [0.05, 0.1) is 46.9 Å². The number of fused-ring (bicyclic) bond motifs is 1. The van der Waals surface area contributed by atoms with Crippen LogP contribution in [0.15, 0.2) is 93.2 Å². The highest BCUT2D eigenvalue weighted by atomic mass is 32.2. The van der Waals surface area contributed by atoms with Crippen LogP contribution in [0, 0.1) is 5.82 Å². The van der Waals surface area contributed by atoms with E-state index in [1.54, 1.807) is 24.3 Å². The molecule has 1 aromatic heterocycles. The lowest BCUT2D eigenvalue weighted by atomic mass is 10.1. The van der Waals surface area contributed by atoms with Crippen LogP contribution in [0.5, 0.6) is 0 Å². The number of alkyl halides is 3. The summed E-state index contributed by atoms with van der Waals surface area (Å²) in [5.41, 5.74) is -0.589. The maximum Gasteiger partial charge on any atom is 0.416 e. The summed E-state index contributed by atoms with van der Waals surface area (Å²) in [5, 5.41) is 0.284. The van der Waals surface area contributed by atoms with Gasteiger partial charge in [0.25, 0.3) is 0 Å². The van der Waals surface area contributed by atoms with Crippen molar-refractivity contribution in [1.29, 1.82) is 0 Å². The zero-order chi connectivity index (χ0) is 31.5. The van der Waals surface area contributed by atoms with E-state index in [1.165, 1.54) is 35.4 Å². The van der Waals surface area contributed by atoms with E-state index in [-0.39, 0.29) is 30.6 Å². The van der Waals surface area contributed by atoms with Gasteiger partial charge in [0, 0.05) is 19.7 Å². The number of sulfonamides is 1. The molecule has 1 saturated heterocycles. The van der Waals surface area contributed by atoms with Crippen LogP contribution in [-0.2, 0) is 38.8 Å². The molecule has 44 heavy (non-hydrogen) atoms. The largest absolute Gasteiger partial charge is 0.464 e. The van der Waals surface area contributed by atoms with Crippen molar-refractivity contribution in [1.82, 2.24) is 9.21 Å². The van der Waals surface area contributed by atoms with Gasteiger partial charge in [-0.05, 0) is 60.9 Å². The number of amides is 1. The molecule has 1 aliphatic rings. The summed E-state index contributed by atoms with van der Waals surface area (Å²) in [6, 6.07) is 15.1. The number of nitrogens with zero attached hydrogens (tertiary/aromatic N) is 2. The fourth-order valence-electron chi connectivity index (χ4n) is 4.97. The number of para-hydroxylation sites is 1. The third kappa shape index (κ3) is 7.17. The summed E-state index contributed by atoms with van der Waals surface area (Å²) in [7, 11) is -4.61. The molecule has 13 heteroatoms. The van der Waals surface area contributed by atoms with Crippen LogP contribution in [-0.4, -0.2) is 49.3 Å². The molecular weight excluding hydrogens is 604 g/mol. The van der Waals surface area contributed by atoms with Gasteiger partial charge in [-0.2, -0.15) is 17.5 Å². The van der Waals surface area contributed by atoms with Gasteiger partial charge in [-0.1, -0.05) is 30.3 Å². The molecule has 0 bridgehead atoms. The lowest BCUT2D eigenvalue weighted by molar-refractivity contribution is -0.137. The second-order valence-corrected chi connectivity index (χ2v) is 12.4. The summed E-state index contributed by atoms with van der Waals surface area (Å²) in [6.07, 6.45) is -2.97. The first-order valence-corrected chi connectivity index (χ1v) is 15.2. The number of halogens is 4. The van der Waals surface area contributed by atoms with E-state index in [0.29, 0.717) is 36.7 Å². The van der Waals surface area contributed by atoms with Crippen molar-refractivity contribution in [2.75, 3.05) is 19.7 Å². The molecule has 1 amide bonds. The first kappa shape index (κ1) is 31.4. The summed E-state index contributed by atoms with van der Waals surface area (Å²) < 4.78 is 93.3. The minimum absolute atomic E-state index is 0.116. The quantitative estimate of drug-likeness (QED) is 0.219. The summed E-state index contributed by atoms with van der Waals surface area (Å²) in [5.74, 6) is -1.24. The van der Waals surface area contributed by atoms with Crippen LogP contribution >= 0.6 is 0 Å². The lowest BCUT2D eigenvalue weighted by Gasteiger charge is -2.29. The first-order valence-electron chi connectivity index (χ1n) is 13.7. The predicted octanol–water partition coefficient (Wildman–Crippen LogP) is 5.35. The molecule has 8 nitrogen and oxygen atoms in total. The van der Waals surface area contributed by atoms with E-state index in [0.717, 1.165) is 22.5 Å². The van der Waals surface area contributed by atoms with Crippen LogP contribution in [0.3, 0.4) is 0 Å². The summed E-state index contributed by atoms with van der Waals surface area (Å²) in [6.45, 7) is -1.04. The van der Waals surface area contributed by atoms with Crippen molar-refractivity contribution >= 4 is 26.9 Å². The van der Waals surface area contributed by atoms with Gasteiger partial charge in [0.2, 0.25) is 15.9 Å². The Bertz CT molecular complexity index is 1800. The molecule has 2 heterocycles. The van der Waals surface area contributed by atoms with Gasteiger partial charge in [-0.3, -0.25) is 9.59 Å². The van der Waals surface area contributed by atoms with E-state index in [2.05, 4.69) is 0 Å². The SMILES string of the molecule is O=C(CN(CC1CCCO1)S(=O)(=O)c1cccc(C(F)(F)F)c1)N(Cc1ccc(F)cc1)Cc1coc2ccccc2c1=O. The molecule has 1 unspecified atom stereocenters. The van der Waals surface area contributed by atoms with E-state index in [4.69, 9.17) is 9.15 Å². The highest BCUT2D eigenvalue weighted by Gasteiger charge is 2.35. The van der Waals surface area contributed by atoms with E-state index < -0.39 is 56.5 Å². The number of ether oxygens (including phenoxy) is 1. The third-order valence-corrected chi connectivity index (χ3v) is 9.10. The number of benzene rings is 3. The molecule has 0 N–H and O–H groups in total. The van der Waals surface area contributed by atoms with Gasteiger partial charge in [0.1, 0.15) is 11.4 Å². The Kier molecular flexibility index (Phi) is 9.18. The smallest absolute Gasteiger partial charge is 0.416 e. The van der Waals surface area contributed by atoms with Crippen molar-refractivity contribution in [3.05, 3.63) is 112 Å². The second kappa shape index (κ2) is 12.9. The monoisotopic (exact) mass is 632 g/mol. The normalized spacial score (nSPS) is 15.6. The van der Waals surface area contributed by atoms with Crippen molar-refractivity contribution < 1.29 is 39.9 Å². The molecule has 1 aliphatic heterocycles. The molecular formula is C31H28F4N2O6S. The Morgan fingerprint density at radius 1 is 0.977 bits per heavy atom. The fraction of sp³-hybridized carbons (Fsp3) is 0.290. The van der Waals surface area contributed by atoms with Gasteiger partial charge >= 0.3 is 6.18 Å². The molecule has 0 radical (unpaired) electrons. The lowest BCUT2D eigenvalue weighted by Crippen LogP contribution is -2.45. The van der Waals surface area contributed by atoms with Crippen LogP contribution < -0.4 is 5.43 Å². The maximum atomic E-state index is 13.9. The Morgan fingerprint density at radius 3 is 2.43 bits per heavy atom. The number of hydrogen-bond acceptors (Lipinski definition) is 6. The first-order chi connectivity index (χ1) is 20.9. The highest BCUT2D eigenvalue weighted by Crippen LogP contribution is 2.31. The molecule has 0 spiro atoms. The molecule has 4 aromatic rings. The number of hydrogen-bond donors (Lipinski definition) is 0. The van der Waals surface area contributed by atoms with Gasteiger partial charge in [0.15, 0.2) is 5.43 Å². The van der Waals surface area contributed by atoms with Crippen molar-refractivity contribution in [3.63, 3.8) is 0 Å². The molecule has 0 saturated carbocycles. The Hall–Kier alpha value is -4.07. The van der Waals surface area contributed by atoms with Crippen LogP contribution in [0.4, 0.5) is 17.6 Å². The van der Waals surface area contributed by atoms with Crippen LogP contribution in [0.1, 0.15) is 29.5 Å². The Labute approximate surface area is 250 Å². The molecule has 1 atom stereocenters. The highest BCUT2D eigenvalue weighted by molar-refractivity contribution is 7.89. The molecule has 232 valence electrons. The van der Waals surface area contributed by atoms with E-state index in [1.807, 2.05) is 0 Å². The zero-order valence-corrected chi connectivity index (χ0v) is 24.1. The average molecular weight is 633 g/mol. The van der Waals surface area contributed by atoms with Gasteiger partial charge in [-0.25, -0.2) is 12.8 Å². The van der Waals surface area contributed by atoms with Crippen LogP contribution in [0.25, 0.3) is 11.0 Å². The molecule has 3 aromatic carbocycles. The maximum absolute atomic E-state index is 13.9. The number of rotatable bonds is 10. The Morgan fingerprint density at radius 2 is 1.73 bits per heavy atom. The van der Waals surface area contributed by atoms with Gasteiger partial charge in [-0.15, -0.1) is 0 Å². The van der Waals surface area contributed by atoms with Crippen molar-refractivity contribution in [3.8, 4) is 0 Å². The average Bonchev–Trinajstić information content (AvgIpc) is 3.52. The minimum atomic E-state index is -4.78. The topological polar surface area (TPSA) is 97.1 Å². The van der Waals surface area contributed by atoms with E-state index in [9.17, 15) is 35.6 Å². The van der Waals surface area contributed by atoms with Crippen molar-refractivity contribution in [2.45, 2.75) is 43.1 Å².